The van der Waals surface area contributed by atoms with Crippen LogP contribution < -0.4 is 5.32 Å². The first-order valence-corrected chi connectivity index (χ1v) is 8.42. The first kappa shape index (κ1) is 14.6. The molecule has 1 aliphatic rings. The van der Waals surface area contributed by atoms with Crippen LogP contribution in [0, 0.1) is 5.92 Å². The quantitative estimate of drug-likeness (QED) is 0.786. The van der Waals surface area contributed by atoms with Crippen LogP contribution in [0.3, 0.4) is 0 Å². The van der Waals surface area contributed by atoms with E-state index < -0.39 is 5.97 Å². The standard InChI is InChI=1S/C12H19N3O2S2/c1-2-8-3-5-9(6-4-8)13-11-14-15-12(19-11)18-7-10(16)17/h8-9H,2-7H2,1H3,(H,13,14)(H,16,17). The van der Waals surface area contributed by atoms with Gasteiger partial charge in [-0.1, -0.05) is 36.4 Å². The fourth-order valence-corrected chi connectivity index (χ4v) is 3.89. The molecule has 7 heteroatoms. The van der Waals surface area contributed by atoms with Crippen LogP contribution in [0.15, 0.2) is 4.34 Å². The molecule has 5 nitrogen and oxygen atoms in total. The normalized spacial score (nSPS) is 23.2. The number of hydrogen-bond donors (Lipinski definition) is 2. The number of anilines is 1. The molecule has 2 rings (SSSR count). The monoisotopic (exact) mass is 301 g/mol. The SMILES string of the molecule is CCC1CCC(Nc2nnc(SCC(=O)O)s2)CC1. The third-order valence-electron chi connectivity index (χ3n) is 3.48. The second kappa shape index (κ2) is 7.09. The first-order chi connectivity index (χ1) is 9.17. The zero-order valence-electron chi connectivity index (χ0n) is 11.0. The topological polar surface area (TPSA) is 75.1 Å². The highest BCUT2D eigenvalue weighted by Crippen LogP contribution is 2.30. The number of aliphatic carboxylic acids is 1. The summed E-state index contributed by atoms with van der Waals surface area (Å²) < 4.78 is 0.715. The zero-order valence-corrected chi connectivity index (χ0v) is 12.6. The van der Waals surface area contributed by atoms with Crippen molar-refractivity contribution in [1.82, 2.24) is 10.2 Å². The summed E-state index contributed by atoms with van der Waals surface area (Å²) in [5, 5.41) is 20.9. The summed E-state index contributed by atoms with van der Waals surface area (Å²) in [7, 11) is 0. The van der Waals surface area contributed by atoms with Crippen molar-refractivity contribution in [3.05, 3.63) is 0 Å². The van der Waals surface area contributed by atoms with Crippen molar-refractivity contribution < 1.29 is 9.90 Å². The van der Waals surface area contributed by atoms with Gasteiger partial charge in [-0.3, -0.25) is 4.79 Å². The summed E-state index contributed by atoms with van der Waals surface area (Å²) >= 11 is 2.66. The van der Waals surface area contributed by atoms with Gasteiger partial charge in [0.25, 0.3) is 0 Å². The average molecular weight is 301 g/mol. The van der Waals surface area contributed by atoms with Crippen molar-refractivity contribution in [3.63, 3.8) is 0 Å². The Morgan fingerprint density at radius 1 is 1.42 bits per heavy atom. The zero-order chi connectivity index (χ0) is 13.7. The maximum absolute atomic E-state index is 10.5. The van der Waals surface area contributed by atoms with Crippen LogP contribution in [0.1, 0.15) is 39.0 Å². The summed E-state index contributed by atoms with van der Waals surface area (Å²) in [5.74, 6) is 0.0951. The van der Waals surface area contributed by atoms with Crippen molar-refractivity contribution in [2.24, 2.45) is 5.92 Å². The summed E-state index contributed by atoms with van der Waals surface area (Å²) in [6.45, 7) is 2.26. The van der Waals surface area contributed by atoms with E-state index in [1.54, 1.807) is 0 Å². The summed E-state index contributed by atoms with van der Waals surface area (Å²) in [4.78, 5) is 10.5. The number of aromatic nitrogens is 2. The van der Waals surface area contributed by atoms with Crippen LogP contribution in [0.2, 0.25) is 0 Å². The Labute approximate surface area is 121 Å². The highest BCUT2D eigenvalue weighted by molar-refractivity contribution is 8.01. The van der Waals surface area contributed by atoms with Crippen LogP contribution in [0.4, 0.5) is 5.13 Å². The van der Waals surface area contributed by atoms with Gasteiger partial charge in [-0.15, -0.1) is 10.2 Å². The molecule has 0 aromatic carbocycles. The molecule has 0 aliphatic heterocycles. The maximum atomic E-state index is 10.5. The van der Waals surface area contributed by atoms with E-state index in [0.717, 1.165) is 11.0 Å². The molecule has 0 amide bonds. The molecule has 106 valence electrons. The molecule has 1 aromatic rings. The molecule has 19 heavy (non-hydrogen) atoms. The maximum Gasteiger partial charge on any atom is 0.313 e. The number of rotatable bonds is 6. The molecule has 0 unspecified atom stereocenters. The van der Waals surface area contributed by atoms with E-state index in [4.69, 9.17) is 5.11 Å². The van der Waals surface area contributed by atoms with E-state index in [1.165, 1.54) is 55.2 Å². The summed E-state index contributed by atoms with van der Waals surface area (Å²) in [6, 6.07) is 0.494. The van der Waals surface area contributed by atoms with Crippen molar-refractivity contribution in [2.45, 2.75) is 49.4 Å². The second-order valence-electron chi connectivity index (χ2n) is 4.83. The predicted molar refractivity (Wildman–Crippen MR) is 77.9 cm³/mol. The lowest BCUT2D eigenvalue weighted by Gasteiger charge is -2.28. The Bertz CT molecular complexity index is 417. The van der Waals surface area contributed by atoms with Gasteiger partial charge in [-0.05, 0) is 31.6 Å². The van der Waals surface area contributed by atoms with E-state index in [1.807, 2.05) is 0 Å². The number of carboxylic acid groups (broad SMARTS) is 1. The van der Waals surface area contributed by atoms with Crippen LogP contribution in [0.25, 0.3) is 0 Å². The molecule has 1 aromatic heterocycles. The number of hydrogen-bond acceptors (Lipinski definition) is 6. The highest BCUT2D eigenvalue weighted by Gasteiger charge is 2.20. The molecule has 0 spiro atoms. The van der Waals surface area contributed by atoms with Crippen LogP contribution in [0.5, 0.6) is 0 Å². The smallest absolute Gasteiger partial charge is 0.313 e. The van der Waals surface area contributed by atoms with Gasteiger partial charge >= 0.3 is 5.97 Å². The van der Waals surface area contributed by atoms with Crippen molar-refractivity contribution in [1.29, 1.82) is 0 Å². The Morgan fingerprint density at radius 2 is 2.16 bits per heavy atom. The Kier molecular flexibility index (Phi) is 5.45. The molecule has 0 bridgehead atoms. The minimum atomic E-state index is -0.826. The molecule has 1 heterocycles. The van der Waals surface area contributed by atoms with Crippen molar-refractivity contribution in [2.75, 3.05) is 11.1 Å². The third-order valence-corrected chi connectivity index (χ3v) is 5.45. The van der Waals surface area contributed by atoms with E-state index >= 15 is 0 Å². The molecule has 1 aliphatic carbocycles. The van der Waals surface area contributed by atoms with E-state index in [0.29, 0.717) is 10.4 Å². The van der Waals surface area contributed by atoms with Crippen molar-refractivity contribution in [3.8, 4) is 0 Å². The predicted octanol–water partition coefficient (Wildman–Crippen LogP) is 3.10. The fourth-order valence-electron chi connectivity index (χ4n) is 2.34. The molecule has 0 radical (unpaired) electrons. The lowest BCUT2D eigenvalue weighted by Crippen LogP contribution is -2.25. The Hall–Kier alpha value is -0.820. The van der Waals surface area contributed by atoms with Gasteiger partial charge in [0.2, 0.25) is 5.13 Å². The second-order valence-corrected chi connectivity index (χ2v) is 7.03. The molecule has 0 saturated heterocycles. The third kappa shape index (κ3) is 4.65. The largest absolute Gasteiger partial charge is 0.481 e. The molecule has 2 N–H and O–H groups in total. The number of thioether (sulfide) groups is 1. The number of nitrogens with one attached hydrogen (secondary N) is 1. The summed E-state index contributed by atoms with van der Waals surface area (Å²) in [6.07, 6.45) is 6.23. The minimum absolute atomic E-state index is 0.0379. The lowest BCUT2D eigenvalue weighted by molar-refractivity contribution is -0.133. The fraction of sp³-hybridized carbons (Fsp3) is 0.750. The van der Waals surface area contributed by atoms with Crippen LogP contribution >= 0.6 is 23.1 Å². The highest BCUT2D eigenvalue weighted by atomic mass is 32.2. The number of carbonyl (C=O) groups is 1. The van der Waals surface area contributed by atoms with Crippen LogP contribution in [-0.2, 0) is 4.79 Å². The number of nitrogens with zero attached hydrogens (tertiary/aromatic N) is 2. The van der Waals surface area contributed by atoms with Gasteiger partial charge < -0.3 is 10.4 Å². The summed E-state index contributed by atoms with van der Waals surface area (Å²) in [5.41, 5.74) is 0. The van der Waals surface area contributed by atoms with Gasteiger partial charge in [0, 0.05) is 6.04 Å². The van der Waals surface area contributed by atoms with Crippen molar-refractivity contribution >= 4 is 34.2 Å². The molecule has 1 saturated carbocycles. The minimum Gasteiger partial charge on any atom is -0.481 e. The van der Waals surface area contributed by atoms with Crippen LogP contribution in [-0.4, -0.2) is 33.1 Å². The van der Waals surface area contributed by atoms with E-state index in [9.17, 15) is 4.79 Å². The van der Waals surface area contributed by atoms with E-state index in [2.05, 4.69) is 22.4 Å². The molecule has 1 fully saturated rings. The number of carboxylic acids is 1. The lowest BCUT2D eigenvalue weighted by atomic mass is 9.85. The average Bonchev–Trinajstić information content (AvgIpc) is 2.85. The van der Waals surface area contributed by atoms with E-state index in [-0.39, 0.29) is 5.75 Å². The Morgan fingerprint density at radius 3 is 2.79 bits per heavy atom. The molecule has 0 atom stereocenters. The van der Waals surface area contributed by atoms with Gasteiger partial charge in [0.05, 0.1) is 5.75 Å². The van der Waals surface area contributed by atoms with Gasteiger partial charge in [-0.25, -0.2) is 0 Å². The molecular weight excluding hydrogens is 282 g/mol. The van der Waals surface area contributed by atoms with Gasteiger partial charge in [-0.2, -0.15) is 0 Å². The van der Waals surface area contributed by atoms with Gasteiger partial charge in [0.15, 0.2) is 4.34 Å². The Balaban J connectivity index is 1.78. The molecular formula is C12H19N3O2S2. The first-order valence-electron chi connectivity index (χ1n) is 6.62. The van der Waals surface area contributed by atoms with Gasteiger partial charge in [0.1, 0.15) is 0 Å².